The number of ether oxygens (including phenoxy) is 1. The molecule has 2 fully saturated rings. The average Bonchev–Trinajstić information content (AvgIpc) is 3.41. The van der Waals surface area contributed by atoms with Gasteiger partial charge in [-0.3, -0.25) is 14.7 Å². The van der Waals surface area contributed by atoms with Gasteiger partial charge < -0.3 is 24.3 Å². The molecule has 0 radical (unpaired) electrons. The first-order valence-electron chi connectivity index (χ1n) is 10.2. The molecule has 3 rings (SSSR count). The molecule has 0 spiro atoms. The quantitative estimate of drug-likeness (QED) is 0.580. The Morgan fingerprint density at radius 1 is 1.32 bits per heavy atom. The molecule has 3 heterocycles. The summed E-state index contributed by atoms with van der Waals surface area (Å²) >= 11 is 0. The van der Waals surface area contributed by atoms with Crippen LogP contribution in [0.1, 0.15) is 31.6 Å². The Labute approximate surface area is 167 Å². The first-order valence-corrected chi connectivity index (χ1v) is 10.2. The van der Waals surface area contributed by atoms with Crippen molar-refractivity contribution in [2.24, 2.45) is 4.99 Å². The highest BCUT2D eigenvalue weighted by molar-refractivity contribution is 5.82. The minimum Gasteiger partial charge on any atom is -0.468 e. The second-order valence-electron chi connectivity index (χ2n) is 7.50. The van der Waals surface area contributed by atoms with Gasteiger partial charge in [-0.1, -0.05) is 0 Å². The third-order valence-electron chi connectivity index (χ3n) is 5.34. The summed E-state index contributed by atoms with van der Waals surface area (Å²) in [6.07, 6.45) is 3.30. The zero-order valence-corrected chi connectivity index (χ0v) is 17.3. The van der Waals surface area contributed by atoms with Crippen molar-refractivity contribution in [2.45, 2.75) is 31.9 Å². The van der Waals surface area contributed by atoms with E-state index in [0.717, 1.165) is 44.2 Å². The van der Waals surface area contributed by atoms with E-state index in [0.29, 0.717) is 26.2 Å². The Morgan fingerprint density at radius 3 is 2.64 bits per heavy atom. The van der Waals surface area contributed by atoms with Gasteiger partial charge in [-0.05, 0) is 46.0 Å². The van der Waals surface area contributed by atoms with Gasteiger partial charge in [0.2, 0.25) is 0 Å². The number of likely N-dealkylation sites (N-methyl/N-ethyl adjacent to an activating group) is 1. The molecule has 1 N–H and O–H groups in total. The molecule has 2 saturated heterocycles. The van der Waals surface area contributed by atoms with Crippen LogP contribution in [0.2, 0.25) is 0 Å². The molecule has 0 aliphatic carbocycles. The maximum absolute atomic E-state index is 12.5. The molecule has 2 atom stereocenters. The normalized spacial score (nSPS) is 22.0. The molecule has 2 aliphatic heterocycles. The second-order valence-corrected chi connectivity index (χ2v) is 7.50. The number of piperazine rings is 1. The Kier molecular flexibility index (Phi) is 7.33. The van der Waals surface area contributed by atoms with Gasteiger partial charge in [-0.25, -0.2) is 0 Å². The van der Waals surface area contributed by atoms with Crippen LogP contribution in [0, 0.1) is 0 Å². The summed E-state index contributed by atoms with van der Waals surface area (Å²) in [7, 11) is 4.07. The Hall–Kier alpha value is -2.06. The highest BCUT2D eigenvalue weighted by Crippen LogP contribution is 2.19. The van der Waals surface area contributed by atoms with Crippen molar-refractivity contribution < 1.29 is 13.9 Å². The van der Waals surface area contributed by atoms with Crippen LogP contribution in [0.3, 0.4) is 0 Å². The monoisotopic (exact) mass is 391 g/mol. The van der Waals surface area contributed by atoms with Crippen molar-refractivity contribution in [3.63, 3.8) is 0 Å². The van der Waals surface area contributed by atoms with E-state index >= 15 is 0 Å². The summed E-state index contributed by atoms with van der Waals surface area (Å²) in [5.41, 5.74) is 0. The van der Waals surface area contributed by atoms with Gasteiger partial charge in [0, 0.05) is 39.3 Å². The van der Waals surface area contributed by atoms with Crippen molar-refractivity contribution in [3.8, 4) is 0 Å². The van der Waals surface area contributed by atoms with Gasteiger partial charge >= 0.3 is 0 Å². The molecule has 8 nitrogen and oxygen atoms in total. The average molecular weight is 392 g/mol. The number of nitrogens with zero attached hydrogens (tertiary/aromatic N) is 4. The summed E-state index contributed by atoms with van der Waals surface area (Å²) < 4.78 is 11.1. The van der Waals surface area contributed by atoms with Crippen LogP contribution in [0.15, 0.2) is 27.8 Å². The van der Waals surface area contributed by atoms with E-state index in [2.05, 4.69) is 22.0 Å². The van der Waals surface area contributed by atoms with Crippen LogP contribution >= 0.6 is 0 Å². The Morgan fingerprint density at radius 2 is 2.07 bits per heavy atom. The first kappa shape index (κ1) is 20.7. The van der Waals surface area contributed by atoms with Crippen LogP contribution < -0.4 is 5.32 Å². The minimum atomic E-state index is -0.234. The summed E-state index contributed by atoms with van der Waals surface area (Å²) in [4.78, 5) is 23.7. The third-order valence-corrected chi connectivity index (χ3v) is 5.34. The largest absolute Gasteiger partial charge is 0.468 e. The molecule has 28 heavy (non-hydrogen) atoms. The van der Waals surface area contributed by atoms with Gasteiger partial charge in [0.15, 0.2) is 5.96 Å². The maximum Gasteiger partial charge on any atom is 0.251 e. The first-order chi connectivity index (χ1) is 13.6. The molecule has 1 aromatic rings. The number of rotatable bonds is 6. The molecule has 2 aliphatic rings. The smallest absolute Gasteiger partial charge is 0.251 e. The molecule has 0 saturated carbocycles. The van der Waals surface area contributed by atoms with Gasteiger partial charge in [0.05, 0.1) is 18.8 Å². The predicted molar refractivity (Wildman–Crippen MR) is 108 cm³/mol. The summed E-state index contributed by atoms with van der Waals surface area (Å²) in [5.74, 6) is 1.95. The number of amides is 1. The van der Waals surface area contributed by atoms with Crippen molar-refractivity contribution in [2.75, 3.05) is 60.0 Å². The molecule has 8 heteroatoms. The van der Waals surface area contributed by atoms with Crippen LogP contribution in [0.25, 0.3) is 0 Å². The number of aliphatic imine (C=N–C) groups is 1. The number of furan rings is 1. The van der Waals surface area contributed by atoms with Gasteiger partial charge in [0.25, 0.3) is 5.91 Å². The maximum atomic E-state index is 12.5. The topological polar surface area (TPSA) is 73.6 Å². The molecular formula is C20H33N5O3. The number of carbonyl (C=O) groups excluding carboxylic acids is 1. The number of guanidine groups is 1. The van der Waals surface area contributed by atoms with Crippen LogP contribution in [-0.4, -0.2) is 92.6 Å². The van der Waals surface area contributed by atoms with Gasteiger partial charge in [-0.2, -0.15) is 0 Å². The lowest BCUT2D eigenvalue weighted by molar-refractivity contribution is -0.142. The zero-order chi connectivity index (χ0) is 19.9. The van der Waals surface area contributed by atoms with E-state index in [1.165, 1.54) is 0 Å². The summed E-state index contributed by atoms with van der Waals surface area (Å²) in [6, 6.07) is 3.99. The summed E-state index contributed by atoms with van der Waals surface area (Å²) in [6.45, 7) is 7.16. The van der Waals surface area contributed by atoms with E-state index in [-0.39, 0.29) is 18.1 Å². The van der Waals surface area contributed by atoms with E-state index < -0.39 is 0 Å². The van der Waals surface area contributed by atoms with Crippen molar-refractivity contribution in [3.05, 3.63) is 24.2 Å². The lowest BCUT2D eigenvalue weighted by Gasteiger charge is -2.37. The second kappa shape index (κ2) is 9.93. The molecule has 156 valence electrons. The van der Waals surface area contributed by atoms with E-state index in [4.69, 9.17) is 14.1 Å². The van der Waals surface area contributed by atoms with E-state index in [9.17, 15) is 4.79 Å². The fourth-order valence-corrected chi connectivity index (χ4v) is 3.70. The van der Waals surface area contributed by atoms with E-state index in [1.54, 1.807) is 6.26 Å². The SMILES string of the molecule is CCNC(=NCC(c1ccco1)N(C)C)N1CCN(C(=O)C2CCCO2)CC1. The molecule has 2 unspecified atom stereocenters. The minimum absolute atomic E-state index is 0.0889. The lowest BCUT2D eigenvalue weighted by atomic mass is 10.2. The number of hydrogen-bond acceptors (Lipinski definition) is 5. The van der Waals surface area contributed by atoms with Crippen molar-refractivity contribution >= 4 is 11.9 Å². The number of nitrogens with one attached hydrogen (secondary N) is 1. The fourth-order valence-electron chi connectivity index (χ4n) is 3.70. The molecular weight excluding hydrogens is 358 g/mol. The number of hydrogen-bond donors (Lipinski definition) is 1. The zero-order valence-electron chi connectivity index (χ0n) is 17.3. The van der Waals surface area contributed by atoms with Crippen LogP contribution in [0.5, 0.6) is 0 Å². The molecule has 1 amide bonds. The Bertz CT molecular complexity index is 632. The highest BCUT2D eigenvalue weighted by Gasteiger charge is 2.31. The number of carbonyl (C=O) groups is 1. The standard InChI is InChI=1S/C20H33N5O3/c1-4-21-20(22-15-16(23(2)3)17-7-5-13-27-17)25-11-9-24(10-12-25)19(26)18-8-6-14-28-18/h5,7,13,16,18H,4,6,8-12,14-15H2,1-3H3,(H,21,22). The molecule has 0 aromatic carbocycles. The highest BCUT2D eigenvalue weighted by atomic mass is 16.5. The Balaban J connectivity index is 1.59. The van der Waals surface area contributed by atoms with Crippen LogP contribution in [0.4, 0.5) is 0 Å². The predicted octanol–water partition coefficient (Wildman–Crippen LogP) is 1.17. The summed E-state index contributed by atoms with van der Waals surface area (Å²) in [5, 5.41) is 3.39. The fraction of sp³-hybridized carbons (Fsp3) is 0.700. The molecule has 0 bridgehead atoms. The molecule has 1 aromatic heterocycles. The van der Waals surface area contributed by atoms with Gasteiger partial charge in [0.1, 0.15) is 11.9 Å². The van der Waals surface area contributed by atoms with Crippen LogP contribution in [-0.2, 0) is 9.53 Å². The van der Waals surface area contributed by atoms with Crippen molar-refractivity contribution in [1.29, 1.82) is 0 Å². The van der Waals surface area contributed by atoms with E-state index in [1.807, 2.05) is 31.1 Å². The van der Waals surface area contributed by atoms with Crippen molar-refractivity contribution in [1.82, 2.24) is 20.0 Å². The van der Waals surface area contributed by atoms with Gasteiger partial charge in [-0.15, -0.1) is 0 Å². The lowest BCUT2D eigenvalue weighted by Crippen LogP contribution is -2.55. The third kappa shape index (κ3) is 5.05.